The fraction of sp³-hybridized carbons (Fsp3) is 0.375. The standard InChI is InChI=1S/C12H11N3.2C2H6/c1-15-11-5-7-13-8-10(11)9-4-2-3-6-14-12(9)15;2*1-2/h2,4-8H,3H2,1H3;2*1-2H3. The maximum atomic E-state index is 4.47. The molecule has 1 aliphatic heterocycles. The highest BCUT2D eigenvalue weighted by Gasteiger charge is 2.12. The van der Waals surface area contributed by atoms with E-state index in [-0.39, 0.29) is 0 Å². The monoisotopic (exact) mass is 257 g/mol. The third kappa shape index (κ3) is 2.92. The Labute approximate surface area is 115 Å². The Kier molecular flexibility index (Phi) is 6.00. The van der Waals surface area contributed by atoms with Gasteiger partial charge >= 0.3 is 0 Å². The van der Waals surface area contributed by atoms with Crippen molar-refractivity contribution in [3.05, 3.63) is 30.1 Å². The lowest BCUT2D eigenvalue weighted by atomic mass is 10.2. The lowest BCUT2D eigenvalue weighted by Gasteiger charge is -1.97. The van der Waals surface area contributed by atoms with Gasteiger partial charge in [-0.25, -0.2) is 4.99 Å². The van der Waals surface area contributed by atoms with E-state index >= 15 is 0 Å². The van der Waals surface area contributed by atoms with Crippen LogP contribution in [-0.4, -0.2) is 15.8 Å². The topological polar surface area (TPSA) is 30.2 Å². The average molecular weight is 257 g/mol. The Morgan fingerprint density at radius 3 is 2.63 bits per heavy atom. The van der Waals surface area contributed by atoms with Gasteiger partial charge in [0.05, 0.1) is 5.52 Å². The molecular formula is C16H23N3. The van der Waals surface area contributed by atoms with Crippen molar-refractivity contribution < 1.29 is 0 Å². The lowest BCUT2D eigenvalue weighted by Crippen LogP contribution is -1.86. The highest BCUT2D eigenvalue weighted by molar-refractivity contribution is 5.96. The Morgan fingerprint density at radius 1 is 1.16 bits per heavy atom. The van der Waals surface area contributed by atoms with Gasteiger partial charge in [0, 0.05) is 43.0 Å². The van der Waals surface area contributed by atoms with E-state index in [0.717, 1.165) is 12.2 Å². The number of fused-ring (bicyclic) bond motifs is 3. The summed E-state index contributed by atoms with van der Waals surface area (Å²) >= 11 is 0. The van der Waals surface area contributed by atoms with Gasteiger partial charge in [-0.2, -0.15) is 0 Å². The summed E-state index contributed by atoms with van der Waals surface area (Å²) in [7, 11) is 2.04. The molecule has 3 heterocycles. The summed E-state index contributed by atoms with van der Waals surface area (Å²) < 4.78 is 2.11. The fourth-order valence-corrected chi connectivity index (χ4v) is 2.01. The summed E-state index contributed by atoms with van der Waals surface area (Å²) in [6.45, 7) is 8.00. The molecule has 3 nitrogen and oxygen atoms in total. The van der Waals surface area contributed by atoms with Crippen LogP contribution in [0.3, 0.4) is 0 Å². The van der Waals surface area contributed by atoms with Crippen LogP contribution in [0.5, 0.6) is 0 Å². The maximum absolute atomic E-state index is 4.47. The van der Waals surface area contributed by atoms with Gasteiger partial charge in [-0.05, 0) is 6.07 Å². The van der Waals surface area contributed by atoms with Crippen LogP contribution in [0.4, 0.5) is 5.82 Å². The van der Waals surface area contributed by atoms with Crippen molar-refractivity contribution in [3.8, 4) is 0 Å². The third-order valence-electron chi connectivity index (χ3n) is 2.75. The normalized spacial score (nSPS) is 11.8. The second-order valence-electron chi connectivity index (χ2n) is 3.64. The number of hydrogen-bond donors (Lipinski definition) is 0. The van der Waals surface area contributed by atoms with Crippen LogP contribution < -0.4 is 0 Å². The fourth-order valence-electron chi connectivity index (χ4n) is 2.01. The molecule has 0 N–H and O–H groups in total. The lowest BCUT2D eigenvalue weighted by molar-refractivity contribution is 0.963. The zero-order chi connectivity index (χ0) is 14.3. The molecule has 0 fully saturated rings. The molecule has 1 aliphatic rings. The van der Waals surface area contributed by atoms with Crippen LogP contribution in [0.1, 0.15) is 39.7 Å². The molecule has 3 rings (SSSR count). The first-order chi connectivity index (χ1) is 9.38. The van der Waals surface area contributed by atoms with E-state index in [0.29, 0.717) is 0 Å². The largest absolute Gasteiger partial charge is 0.328 e. The van der Waals surface area contributed by atoms with E-state index in [1.54, 1.807) is 0 Å². The first-order valence-electron chi connectivity index (χ1n) is 6.99. The second kappa shape index (κ2) is 7.52. The van der Waals surface area contributed by atoms with Crippen molar-refractivity contribution in [1.29, 1.82) is 0 Å². The minimum Gasteiger partial charge on any atom is -0.328 e. The molecule has 0 bridgehead atoms. The minimum atomic E-state index is 0.899. The van der Waals surface area contributed by atoms with Crippen molar-refractivity contribution in [2.75, 3.05) is 0 Å². The van der Waals surface area contributed by atoms with E-state index < -0.39 is 0 Å². The van der Waals surface area contributed by atoms with Gasteiger partial charge in [0.15, 0.2) is 0 Å². The Hall–Kier alpha value is -1.90. The molecule has 2 aromatic rings. The quantitative estimate of drug-likeness (QED) is 0.670. The molecule has 0 aromatic carbocycles. The van der Waals surface area contributed by atoms with Gasteiger partial charge in [-0.1, -0.05) is 39.8 Å². The van der Waals surface area contributed by atoms with Crippen molar-refractivity contribution in [2.24, 2.45) is 12.0 Å². The number of nitrogens with zero attached hydrogens (tertiary/aromatic N) is 3. The van der Waals surface area contributed by atoms with Crippen LogP contribution in [0.25, 0.3) is 17.0 Å². The number of allylic oxidation sites excluding steroid dienone is 1. The molecule has 19 heavy (non-hydrogen) atoms. The van der Waals surface area contributed by atoms with Crippen LogP contribution in [0.15, 0.2) is 29.5 Å². The molecule has 2 aromatic heterocycles. The van der Waals surface area contributed by atoms with Gasteiger partial charge in [-0.15, -0.1) is 0 Å². The van der Waals surface area contributed by atoms with Gasteiger partial charge in [0.1, 0.15) is 5.82 Å². The highest BCUT2D eigenvalue weighted by Crippen LogP contribution is 2.32. The Morgan fingerprint density at radius 2 is 1.89 bits per heavy atom. The van der Waals surface area contributed by atoms with Gasteiger partial charge in [0.2, 0.25) is 0 Å². The molecule has 102 valence electrons. The van der Waals surface area contributed by atoms with E-state index in [1.165, 1.54) is 16.5 Å². The molecule has 0 saturated carbocycles. The van der Waals surface area contributed by atoms with Crippen LogP contribution >= 0.6 is 0 Å². The summed E-state index contributed by atoms with van der Waals surface area (Å²) in [4.78, 5) is 8.64. The minimum absolute atomic E-state index is 0.899. The number of rotatable bonds is 0. The Balaban J connectivity index is 0.000000415. The van der Waals surface area contributed by atoms with Crippen molar-refractivity contribution >= 4 is 29.0 Å². The summed E-state index contributed by atoms with van der Waals surface area (Å²) in [6, 6.07) is 2.02. The summed E-state index contributed by atoms with van der Waals surface area (Å²) in [5.41, 5.74) is 2.35. The molecule has 0 radical (unpaired) electrons. The summed E-state index contributed by atoms with van der Waals surface area (Å²) in [5.74, 6) is 1.02. The SMILES string of the molecule is CC.CC.Cn1c2c(c3cnccc31)C=CCC=N2. The van der Waals surface area contributed by atoms with Gasteiger partial charge in [0.25, 0.3) is 0 Å². The van der Waals surface area contributed by atoms with Crippen molar-refractivity contribution in [1.82, 2.24) is 9.55 Å². The zero-order valence-corrected chi connectivity index (χ0v) is 12.5. The smallest absolute Gasteiger partial charge is 0.140 e. The molecule has 0 amide bonds. The van der Waals surface area contributed by atoms with Crippen molar-refractivity contribution in [2.45, 2.75) is 34.1 Å². The number of aryl methyl sites for hydroxylation is 1. The molecular weight excluding hydrogens is 234 g/mol. The number of hydrogen-bond acceptors (Lipinski definition) is 2. The van der Waals surface area contributed by atoms with Crippen LogP contribution in [0, 0.1) is 0 Å². The van der Waals surface area contributed by atoms with Gasteiger partial charge < -0.3 is 4.57 Å². The molecule has 0 unspecified atom stereocenters. The third-order valence-corrected chi connectivity index (χ3v) is 2.75. The average Bonchev–Trinajstić information content (AvgIpc) is 2.68. The first-order valence-corrected chi connectivity index (χ1v) is 6.99. The number of aromatic nitrogens is 2. The molecule has 0 saturated heterocycles. The van der Waals surface area contributed by atoms with Crippen LogP contribution in [-0.2, 0) is 7.05 Å². The molecule has 0 spiro atoms. The predicted octanol–water partition coefficient (Wildman–Crippen LogP) is 4.74. The van der Waals surface area contributed by atoms with E-state index in [1.807, 2.05) is 59.4 Å². The maximum Gasteiger partial charge on any atom is 0.140 e. The summed E-state index contributed by atoms with van der Waals surface area (Å²) in [5, 5.41) is 1.17. The Bertz CT molecular complexity index is 577. The van der Waals surface area contributed by atoms with E-state index in [4.69, 9.17) is 0 Å². The molecule has 0 aliphatic carbocycles. The summed E-state index contributed by atoms with van der Waals surface area (Å²) in [6.07, 6.45) is 10.8. The predicted molar refractivity (Wildman–Crippen MR) is 85.2 cm³/mol. The van der Waals surface area contributed by atoms with Crippen molar-refractivity contribution in [3.63, 3.8) is 0 Å². The first kappa shape index (κ1) is 15.2. The zero-order valence-electron chi connectivity index (χ0n) is 12.5. The van der Waals surface area contributed by atoms with Crippen LogP contribution in [0.2, 0.25) is 0 Å². The number of aliphatic imine (C=N–C) groups is 1. The molecule has 0 atom stereocenters. The van der Waals surface area contributed by atoms with E-state index in [9.17, 15) is 0 Å². The highest BCUT2D eigenvalue weighted by atomic mass is 15.1. The number of pyridine rings is 1. The second-order valence-corrected chi connectivity index (χ2v) is 3.64. The van der Waals surface area contributed by atoms with E-state index in [2.05, 4.69) is 26.7 Å². The van der Waals surface area contributed by atoms with Gasteiger partial charge in [-0.3, -0.25) is 4.98 Å². The molecule has 3 heteroatoms.